The van der Waals surface area contributed by atoms with Crippen molar-refractivity contribution in [2.75, 3.05) is 32.4 Å². The van der Waals surface area contributed by atoms with Crippen molar-refractivity contribution in [2.24, 2.45) is 23.2 Å². The first-order chi connectivity index (χ1) is 12.6. The molecule has 5 aliphatic rings. The van der Waals surface area contributed by atoms with Crippen LogP contribution in [0.15, 0.2) is 24.3 Å². The van der Waals surface area contributed by atoms with E-state index in [9.17, 15) is 10.1 Å². The third-order valence-corrected chi connectivity index (χ3v) is 7.99. The summed E-state index contributed by atoms with van der Waals surface area (Å²) in [6.07, 6.45) is 0.608. The maximum Gasteiger partial charge on any atom is 0.264 e. The maximum absolute atomic E-state index is 13.8. The Morgan fingerprint density at radius 3 is 2.96 bits per heavy atom. The molecular weight excluding hydrogens is 330 g/mol. The molecule has 2 saturated heterocycles. The molecular formula is C20H21N3O3. The minimum atomic E-state index is -0.820. The van der Waals surface area contributed by atoms with Crippen molar-refractivity contribution in [1.29, 1.82) is 5.26 Å². The lowest BCUT2D eigenvalue weighted by atomic mass is 9.52. The first-order valence-electron chi connectivity index (χ1n) is 9.32. The molecule has 134 valence electrons. The van der Waals surface area contributed by atoms with Crippen LogP contribution in [0.1, 0.15) is 12.0 Å². The Bertz CT molecular complexity index is 881. The Morgan fingerprint density at radius 2 is 2.19 bits per heavy atom. The predicted octanol–water partition coefficient (Wildman–Crippen LogP) is 1.32. The third kappa shape index (κ3) is 1.26. The van der Waals surface area contributed by atoms with Gasteiger partial charge in [-0.05, 0) is 31.0 Å². The fourth-order valence-corrected chi connectivity index (χ4v) is 7.41. The molecule has 1 aromatic rings. The van der Waals surface area contributed by atoms with Crippen LogP contribution in [0, 0.1) is 34.5 Å². The molecule has 2 aliphatic carbocycles. The number of carbonyl (C=O) groups excluding carboxylic acids is 1. The molecule has 1 spiro atoms. The summed E-state index contributed by atoms with van der Waals surface area (Å²) >= 11 is 0. The first kappa shape index (κ1) is 15.2. The van der Waals surface area contributed by atoms with Crippen molar-refractivity contribution in [1.82, 2.24) is 4.90 Å². The SMILES string of the molecule is CON1C(=O)[C@@]2(c3ccccc31)[C@H]1C[C@@H]3[C@H](CO1)[C@@H]1[C@H]2[C@@]3(C#N)CN1C. The van der Waals surface area contributed by atoms with Crippen molar-refractivity contribution in [3.05, 3.63) is 29.8 Å². The van der Waals surface area contributed by atoms with Crippen LogP contribution in [0.2, 0.25) is 0 Å². The van der Waals surface area contributed by atoms with Gasteiger partial charge in [0.25, 0.3) is 5.91 Å². The van der Waals surface area contributed by atoms with Crippen LogP contribution in [0.4, 0.5) is 5.69 Å². The minimum absolute atomic E-state index is 0.0463. The molecule has 3 heterocycles. The number of anilines is 1. The Hall–Kier alpha value is -1.94. The van der Waals surface area contributed by atoms with Crippen molar-refractivity contribution in [3.63, 3.8) is 0 Å². The summed E-state index contributed by atoms with van der Waals surface area (Å²) in [5.41, 5.74) is 0.478. The third-order valence-electron chi connectivity index (χ3n) is 7.99. The number of nitriles is 1. The number of ether oxygens (including phenoxy) is 1. The number of likely N-dealkylation sites (tertiary alicyclic amines) is 1. The normalized spacial score (nSPS) is 47.7. The van der Waals surface area contributed by atoms with E-state index in [1.807, 2.05) is 24.3 Å². The highest BCUT2D eigenvalue weighted by Gasteiger charge is 2.82. The molecule has 26 heavy (non-hydrogen) atoms. The van der Waals surface area contributed by atoms with Crippen LogP contribution >= 0.6 is 0 Å². The van der Waals surface area contributed by atoms with Gasteiger partial charge in [-0.1, -0.05) is 18.2 Å². The fourth-order valence-electron chi connectivity index (χ4n) is 7.41. The predicted molar refractivity (Wildman–Crippen MR) is 91.9 cm³/mol. The number of nitrogens with zero attached hydrogens (tertiary/aromatic N) is 3. The van der Waals surface area contributed by atoms with E-state index in [4.69, 9.17) is 9.57 Å². The Balaban J connectivity index is 1.69. The van der Waals surface area contributed by atoms with Gasteiger partial charge in [0, 0.05) is 24.4 Å². The molecule has 6 nitrogen and oxygen atoms in total. The van der Waals surface area contributed by atoms with Gasteiger partial charge in [-0.2, -0.15) is 10.3 Å². The summed E-state index contributed by atoms with van der Waals surface area (Å²) < 4.78 is 6.31. The van der Waals surface area contributed by atoms with Gasteiger partial charge in [-0.15, -0.1) is 0 Å². The van der Waals surface area contributed by atoms with E-state index in [1.165, 1.54) is 12.2 Å². The van der Waals surface area contributed by atoms with Crippen LogP contribution in [0.25, 0.3) is 0 Å². The lowest BCUT2D eigenvalue weighted by Crippen LogP contribution is -2.63. The summed E-state index contributed by atoms with van der Waals surface area (Å²) in [6, 6.07) is 10.8. The number of fused-ring (bicyclic) bond motifs is 5. The number of amides is 1. The Morgan fingerprint density at radius 1 is 1.38 bits per heavy atom. The van der Waals surface area contributed by atoms with Gasteiger partial charge in [0.2, 0.25) is 0 Å². The van der Waals surface area contributed by atoms with Crippen LogP contribution < -0.4 is 5.06 Å². The van der Waals surface area contributed by atoms with Crippen molar-refractivity contribution in [2.45, 2.75) is 24.0 Å². The molecule has 4 fully saturated rings. The number of benzene rings is 1. The number of hydrogen-bond acceptors (Lipinski definition) is 5. The Kier molecular flexibility index (Phi) is 2.61. The van der Waals surface area contributed by atoms with Gasteiger partial charge in [0.05, 0.1) is 37.0 Å². The molecule has 6 rings (SSSR count). The average Bonchev–Trinajstić information content (AvgIpc) is 3.13. The number of piperidine rings is 1. The van der Waals surface area contributed by atoms with Gasteiger partial charge in [0.1, 0.15) is 5.41 Å². The largest absolute Gasteiger partial charge is 0.376 e. The van der Waals surface area contributed by atoms with Crippen LogP contribution in [0.3, 0.4) is 0 Å². The van der Waals surface area contributed by atoms with E-state index >= 15 is 0 Å². The van der Waals surface area contributed by atoms with Gasteiger partial charge in [0.15, 0.2) is 0 Å². The average molecular weight is 351 g/mol. The number of carbonyl (C=O) groups is 1. The highest BCUT2D eigenvalue weighted by molar-refractivity contribution is 6.08. The topological polar surface area (TPSA) is 65.8 Å². The molecule has 6 heteroatoms. The molecule has 5 bridgehead atoms. The van der Waals surface area contributed by atoms with Crippen LogP contribution in [-0.2, 0) is 19.8 Å². The molecule has 0 radical (unpaired) electrons. The lowest BCUT2D eigenvalue weighted by molar-refractivity contribution is -0.158. The summed E-state index contributed by atoms with van der Waals surface area (Å²) in [6.45, 7) is 1.39. The fraction of sp³-hybridized carbons (Fsp3) is 0.600. The zero-order valence-corrected chi connectivity index (χ0v) is 14.9. The molecule has 0 N–H and O–H groups in total. The zero-order valence-electron chi connectivity index (χ0n) is 14.9. The molecule has 0 aromatic heterocycles. The molecule has 0 unspecified atom stereocenters. The molecule has 3 aliphatic heterocycles. The highest BCUT2D eigenvalue weighted by Crippen LogP contribution is 2.73. The minimum Gasteiger partial charge on any atom is -0.376 e. The van der Waals surface area contributed by atoms with Crippen LogP contribution in [0.5, 0.6) is 0 Å². The second kappa shape index (κ2) is 4.48. The summed E-state index contributed by atoms with van der Waals surface area (Å²) in [5, 5.41) is 11.7. The molecule has 1 aromatic carbocycles. The molecule has 7 atom stereocenters. The van der Waals surface area contributed by atoms with E-state index in [2.05, 4.69) is 18.0 Å². The second-order valence-electron chi connectivity index (χ2n) is 8.53. The monoisotopic (exact) mass is 351 g/mol. The van der Waals surface area contributed by atoms with E-state index < -0.39 is 10.8 Å². The first-order valence-corrected chi connectivity index (χ1v) is 9.32. The number of para-hydroxylation sites is 1. The standard InChI is InChI=1S/C20H21N3O3/c1-22-10-19(9-21)13-7-15-20(17(19)16(22)11(13)8-26-15)12-5-3-4-6-14(12)23(25-2)18(20)24/h3-6,11,13,15-17H,7-8,10H2,1-2H3/t11-,13+,15+,16+,17-,19-,20-/m0/s1. The summed E-state index contributed by atoms with van der Waals surface area (Å²) in [5.74, 6) is 0.567. The number of hydroxylamine groups is 1. The van der Waals surface area contributed by atoms with E-state index in [0.717, 1.165) is 24.2 Å². The highest BCUT2D eigenvalue weighted by atomic mass is 16.7. The Labute approximate surface area is 152 Å². The van der Waals surface area contributed by atoms with Gasteiger partial charge in [-0.25, -0.2) is 0 Å². The summed E-state index contributed by atoms with van der Waals surface area (Å²) in [4.78, 5) is 21.6. The van der Waals surface area contributed by atoms with Gasteiger partial charge in [-0.3, -0.25) is 9.63 Å². The summed E-state index contributed by atoms with van der Waals surface area (Å²) in [7, 11) is 3.63. The van der Waals surface area contributed by atoms with Gasteiger partial charge >= 0.3 is 0 Å². The second-order valence-corrected chi connectivity index (χ2v) is 8.53. The number of hydrogen-bond donors (Lipinski definition) is 0. The van der Waals surface area contributed by atoms with E-state index in [-0.39, 0.29) is 24.0 Å². The molecule has 1 amide bonds. The lowest BCUT2D eigenvalue weighted by Gasteiger charge is -2.52. The van der Waals surface area contributed by atoms with E-state index in [1.54, 1.807) is 0 Å². The van der Waals surface area contributed by atoms with Crippen LogP contribution in [-0.4, -0.2) is 50.3 Å². The van der Waals surface area contributed by atoms with Crippen molar-refractivity contribution in [3.8, 4) is 6.07 Å². The smallest absolute Gasteiger partial charge is 0.264 e. The maximum atomic E-state index is 13.8. The van der Waals surface area contributed by atoms with E-state index in [0.29, 0.717) is 18.4 Å². The van der Waals surface area contributed by atoms with Crippen molar-refractivity contribution >= 4 is 11.6 Å². The van der Waals surface area contributed by atoms with Crippen molar-refractivity contribution < 1.29 is 14.4 Å². The van der Waals surface area contributed by atoms with Gasteiger partial charge < -0.3 is 9.64 Å². The zero-order chi connectivity index (χ0) is 17.8. The number of rotatable bonds is 1. The molecule has 2 saturated carbocycles. The quantitative estimate of drug-likeness (QED) is 0.763.